The predicted octanol–water partition coefficient (Wildman–Crippen LogP) is 0.630. The van der Waals surface area contributed by atoms with E-state index >= 15 is 0 Å². The molecule has 5 nitrogen and oxygen atoms in total. The second-order valence-corrected chi connectivity index (χ2v) is 5.89. The number of ether oxygens (including phenoxy) is 2. The molecule has 6 heteroatoms. The Labute approximate surface area is 114 Å². The molecule has 3 atom stereocenters. The molecule has 104 valence electrons. The molecule has 1 aromatic rings. The number of hydrogen-bond donors (Lipinski definition) is 1. The average molecular weight is 283 g/mol. The van der Waals surface area contributed by atoms with Gasteiger partial charge in [0.1, 0.15) is 11.8 Å². The molecule has 0 amide bonds. The topological polar surface area (TPSA) is 64.6 Å². The molecule has 0 aromatic heterocycles. The van der Waals surface area contributed by atoms with E-state index in [2.05, 4.69) is 5.32 Å². The van der Waals surface area contributed by atoms with Gasteiger partial charge in [-0.05, 0) is 17.7 Å². The number of carbonyl (C=O) groups excluding carboxylic acids is 1. The van der Waals surface area contributed by atoms with Crippen molar-refractivity contribution in [1.82, 2.24) is 5.32 Å². The minimum Gasteiger partial charge on any atom is -0.497 e. The molecule has 1 N–H and O–H groups in total. The van der Waals surface area contributed by atoms with Crippen molar-refractivity contribution >= 4 is 16.8 Å². The lowest BCUT2D eigenvalue weighted by atomic mass is 10.1. The van der Waals surface area contributed by atoms with Gasteiger partial charge in [0.25, 0.3) is 0 Å². The van der Waals surface area contributed by atoms with Crippen molar-refractivity contribution in [2.24, 2.45) is 0 Å². The van der Waals surface area contributed by atoms with E-state index in [4.69, 9.17) is 9.47 Å². The molecule has 0 bridgehead atoms. The highest BCUT2D eigenvalue weighted by Crippen LogP contribution is 2.23. The van der Waals surface area contributed by atoms with Gasteiger partial charge in [-0.2, -0.15) is 0 Å². The Balaban J connectivity index is 2.18. The Hall–Kier alpha value is -1.40. The van der Waals surface area contributed by atoms with Gasteiger partial charge in [0.15, 0.2) is 0 Å². The van der Waals surface area contributed by atoms with Crippen LogP contribution in [0.3, 0.4) is 0 Å². The second-order valence-electron chi connectivity index (χ2n) is 4.34. The SMILES string of the molecule is COC(=O)C1CS(=O)CC(c2cccc(OC)c2)N1. The first kappa shape index (κ1) is 14.0. The largest absolute Gasteiger partial charge is 0.497 e. The number of benzene rings is 1. The molecule has 1 aromatic carbocycles. The van der Waals surface area contributed by atoms with Crippen LogP contribution in [0.15, 0.2) is 24.3 Å². The number of carbonyl (C=O) groups is 1. The lowest BCUT2D eigenvalue weighted by Crippen LogP contribution is -2.49. The van der Waals surface area contributed by atoms with E-state index in [-0.39, 0.29) is 12.0 Å². The molecule has 0 saturated carbocycles. The second kappa shape index (κ2) is 6.16. The zero-order valence-electron chi connectivity index (χ0n) is 10.9. The maximum absolute atomic E-state index is 11.9. The summed E-state index contributed by atoms with van der Waals surface area (Å²) in [6.07, 6.45) is 0. The quantitative estimate of drug-likeness (QED) is 0.824. The molecule has 1 aliphatic rings. The van der Waals surface area contributed by atoms with Gasteiger partial charge in [0, 0.05) is 28.3 Å². The summed E-state index contributed by atoms with van der Waals surface area (Å²) in [4.78, 5) is 11.6. The van der Waals surface area contributed by atoms with Crippen molar-refractivity contribution in [2.75, 3.05) is 25.7 Å². The van der Waals surface area contributed by atoms with Gasteiger partial charge in [-0.1, -0.05) is 12.1 Å². The monoisotopic (exact) mass is 283 g/mol. The van der Waals surface area contributed by atoms with E-state index in [0.717, 1.165) is 11.3 Å². The van der Waals surface area contributed by atoms with Crippen molar-refractivity contribution < 1.29 is 18.5 Å². The third-order valence-electron chi connectivity index (χ3n) is 3.09. The number of hydrogen-bond acceptors (Lipinski definition) is 5. The highest BCUT2D eigenvalue weighted by Gasteiger charge is 2.31. The third-order valence-corrected chi connectivity index (χ3v) is 4.50. The molecule has 1 heterocycles. The van der Waals surface area contributed by atoms with Crippen LogP contribution in [0.25, 0.3) is 0 Å². The van der Waals surface area contributed by atoms with Crippen LogP contribution in [-0.2, 0) is 20.3 Å². The summed E-state index contributed by atoms with van der Waals surface area (Å²) in [5.74, 6) is 1.15. The maximum Gasteiger partial charge on any atom is 0.323 e. The average Bonchev–Trinajstić information content (AvgIpc) is 2.45. The molecule has 1 fully saturated rings. The molecule has 19 heavy (non-hydrogen) atoms. The molecule has 3 unspecified atom stereocenters. The normalized spacial score (nSPS) is 26.7. The zero-order chi connectivity index (χ0) is 13.8. The summed E-state index contributed by atoms with van der Waals surface area (Å²) >= 11 is 0. The lowest BCUT2D eigenvalue weighted by Gasteiger charge is -2.29. The molecule has 2 rings (SSSR count). The Bertz CT molecular complexity index is 491. The molecular formula is C13H17NO4S. The smallest absolute Gasteiger partial charge is 0.323 e. The van der Waals surface area contributed by atoms with Crippen LogP contribution in [0.5, 0.6) is 5.75 Å². The van der Waals surface area contributed by atoms with E-state index in [1.54, 1.807) is 7.11 Å². The van der Waals surface area contributed by atoms with Crippen molar-refractivity contribution in [2.45, 2.75) is 12.1 Å². The molecule has 0 spiro atoms. The zero-order valence-corrected chi connectivity index (χ0v) is 11.7. The number of rotatable bonds is 3. The van der Waals surface area contributed by atoms with E-state index < -0.39 is 16.8 Å². The lowest BCUT2D eigenvalue weighted by molar-refractivity contribution is -0.142. The van der Waals surface area contributed by atoms with Crippen LogP contribution < -0.4 is 10.1 Å². The minimum absolute atomic E-state index is 0.131. The van der Waals surface area contributed by atoms with E-state index in [0.29, 0.717) is 11.5 Å². The number of esters is 1. The van der Waals surface area contributed by atoms with Crippen molar-refractivity contribution in [3.63, 3.8) is 0 Å². The van der Waals surface area contributed by atoms with Crippen molar-refractivity contribution in [3.8, 4) is 5.75 Å². The summed E-state index contributed by atoms with van der Waals surface area (Å²) < 4.78 is 21.7. The molecule has 1 saturated heterocycles. The maximum atomic E-state index is 11.9. The summed E-state index contributed by atoms with van der Waals surface area (Å²) in [5.41, 5.74) is 0.960. The van der Waals surface area contributed by atoms with Crippen LogP contribution >= 0.6 is 0 Å². The highest BCUT2D eigenvalue weighted by molar-refractivity contribution is 7.85. The Morgan fingerprint density at radius 3 is 2.84 bits per heavy atom. The summed E-state index contributed by atoms with van der Waals surface area (Å²) in [7, 11) is 1.90. The fourth-order valence-electron chi connectivity index (χ4n) is 2.11. The van der Waals surface area contributed by atoms with Gasteiger partial charge in [0.05, 0.1) is 14.2 Å². The fourth-order valence-corrected chi connectivity index (χ4v) is 3.51. The van der Waals surface area contributed by atoms with Crippen LogP contribution in [0.2, 0.25) is 0 Å². The summed E-state index contributed by atoms with van der Waals surface area (Å²) in [6.45, 7) is 0. The van der Waals surface area contributed by atoms with Crippen LogP contribution in [0.1, 0.15) is 11.6 Å². The Morgan fingerprint density at radius 2 is 2.16 bits per heavy atom. The van der Waals surface area contributed by atoms with Gasteiger partial charge >= 0.3 is 5.97 Å². The van der Waals surface area contributed by atoms with E-state index in [1.807, 2.05) is 24.3 Å². The van der Waals surface area contributed by atoms with Gasteiger partial charge in [-0.15, -0.1) is 0 Å². The van der Waals surface area contributed by atoms with E-state index in [9.17, 15) is 9.00 Å². The van der Waals surface area contributed by atoms with Gasteiger partial charge in [0.2, 0.25) is 0 Å². The first-order valence-electron chi connectivity index (χ1n) is 5.97. The minimum atomic E-state index is -1.04. The standard InChI is InChI=1S/C13H17NO4S/c1-17-10-5-3-4-9(6-10)11-7-19(16)8-12(14-11)13(15)18-2/h3-6,11-12,14H,7-8H2,1-2H3. The van der Waals surface area contributed by atoms with Gasteiger partial charge in [-0.25, -0.2) is 0 Å². The first-order valence-corrected chi connectivity index (χ1v) is 7.45. The first-order chi connectivity index (χ1) is 9.13. The Morgan fingerprint density at radius 1 is 1.37 bits per heavy atom. The van der Waals surface area contributed by atoms with Gasteiger partial charge in [-0.3, -0.25) is 14.3 Å². The Kier molecular flexibility index (Phi) is 4.55. The third kappa shape index (κ3) is 3.33. The van der Waals surface area contributed by atoms with Crippen LogP contribution in [0, 0.1) is 0 Å². The molecule has 0 radical (unpaired) electrons. The van der Waals surface area contributed by atoms with Crippen LogP contribution in [-0.4, -0.2) is 41.9 Å². The molecule has 0 aliphatic carbocycles. The fraction of sp³-hybridized carbons (Fsp3) is 0.462. The predicted molar refractivity (Wildman–Crippen MR) is 72.6 cm³/mol. The number of methoxy groups -OCH3 is 2. The molecule has 1 aliphatic heterocycles. The van der Waals surface area contributed by atoms with Crippen molar-refractivity contribution in [1.29, 1.82) is 0 Å². The van der Waals surface area contributed by atoms with Gasteiger partial charge < -0.3 is 9.47 Å². The summed E-state index contributed by atoms with van der Waals surface area (Å²) in [5, 5.41) is 3.18. The van der Waals surface area contributed by atoms with E-state index in [1.165, 1.54) is 7.11 Å². The molecular weight excluding hydrogens is 266 g/mol. The highest BCUT2D eigenvalue weighted by atomic mass is 32.2. The van der Waals surface area contributed by atoms with Crippen molar-refractivity contribution in [3.05, 3.63) is 29.8 Å². The van der Waals surface area contributed by atoms with Crippen LogP contribution in [0.4, 0.5) is 0 Å². The number of nitrogens with one attached hydrogen (secondary N) is 1. The summed E-state index contributed by atoms with van der Waals surface area (Å²) in [6, 6.07) is 6.89.